The highest BCUT2D eigenvalue weighted by Crippen LogP contribution is 2.25. The van der Waals surface area contributed by atoms with Crippen LogP contribution in [0.4, 0.5) is 0 Å². The van der Waals surface area contributed by atoms with Gasteiger partial charge in [0.25, 0.3) is 0 Å². The molecule has 0 aromatic heterocycles. The smallest absolute Gasteiger partial charge is 0.325 e. The highest BCUT2D eigenvalue weighted by atomic mass is 79.9. The lowest BCUT2D eigenvalue weighted by molar-refractivity contribution is -0.139. The molecule has 0 radical (unpaired) electrons. The molecule has 0 aromatic rings. The molecule has 1 fully saturated rings. The second-order valence-electron chi connectivity index (χ2n) is 4.24. The molecule has 3 atom stereocenters. The summed E-state index contributed by atoms with van der Waals surface area (Å²) in [5.74, 6) is -0.737. The van der Waals surface area contributed by atoms with Crippen molar-refractivity contribution in [3.63, 3.8) is 0 Å². The van der Waals surface area contributed by atoms with E-state index in [1.165, 1.54) is 14.0 Å². The number of nitrogens with one attached hydrogen (secondary N) is 1. The third kappa shape index (κ3) is 3.93. The Hall–Kier alpha value is -0.140. The average Bonchev–Trinajstić information content (AvgIpc) is 2.30. The average molecular weight is 328 g/mol. The maximum absolute atomic E-state index is 11.9. The van der Waals surface area contributed by atoms with E-state index in [9.17, 15) is 13.2 Å². The van der Waals surface area contributed by atoms with Gasteiger partial charge in [0, 0.05) is 10.9 Å². The van der Waals surface area contributed by atoms with Crippen molar-refractivity contribution < 1.29 is 17.9 Å². The fraction of sp³-hybridized carbons (Fsp3) is 0.900. The van der Waals surface area contributed by atoms with Crippen molar-refractivity contribution in [1.82, 2.24) is 4.72 Å². The minimum Gasteiger partial charge on any atom is -0.468 e. The topological polar surface area (TPSA) is 72.5 Å². The minimum atomic E-state index is -3.66. The number of rotatable bonds is 4. The van der Waals surface area contributed by atoms with Crippen LogP contribution >= 0.6 is 15.9 Å². The SMILES string of the molecule is COC(=O)C(C)S(=O)(=O)NC1CCCCC1Br. The van der Waals surface area contributed by atoms with Gasteiger partial charge >= 0.3 is 5.97 Å². The zero-order valence-electron chi connectivity index (χ0n) is 9.98. The Morgan fingerprint density at radius 2 is 2.00 bits per heavy atom. The van der Waals surface area contributed by atoms with Crippen LogP contribution in [-0.4, -0.2) is 37.6 Å². The monoisotopic (exact) mass is 327 g/mol. The number of ether oxygens (including phenoxy) is 1. The summed E-state index contributed by atoms with van der Waals surface area (Å²) in [6.45, 7) is 1.33. The molecule has 3 unspecified atom stereocenters. The fourth-order valence-electron chi connectivity index (χ4n) is 1.82. The summed E-state index contributed by atoms with van der Waals surface area (Å²) in [6, 6.07) is -0.138. The van der Waals surface area contributed by atoms with Crippen LogP contribution in [0.3, 0.4) is 0 Å². The number of methoxy groups -OCH3 is 1. The summed E-state index contributed by atoms with van der Waals surface area (Å²) in [6.07, 6.45) is 3.84. The molecule has 5 nitrogen and oxygen atoms in total. The van der Waals surface area contributed by atoms with Crippen molar-refractivity contribution in [3.05, 3.63) is 0 Å². The normalized spacial score (nSPS) is 27.5. The van der Waals surface area contributed by atoms with E-state index in [-0.39, 0.29) is 10.9 Å². The molecule has 1 aliphatic carbocycles. The third-order valence-corrected chi connectivity index (χ3v) is 5.85. The van der Waals surface area contributed by atoms with Gasteiger partial charge in [0.1, 0.15) is 0 Å². The van der Waals surface area contributed by atoms with Crippen LogP contribution < -0.4 is 4.72 Å². The molecule has 0 aromatic carbocycles. The molecule has 1 aliphatic rings. The van der Waals surface area contributed by atoms with E-state index in [1.54, 1.807) is 0 Å². The first-order valence-electron chi connectivity index (χ1n) is 5.61. The van der Waals surface area contributed by atoms with Crippen molar-refractivity contribution in [2.24, 2.45) is 0 Å². The van der Waals surface area contributed by atoms with Crippen LogP contribution in [0.5, 0.6) is 0 Å². The maximum atomic E-state index is 11.9. The van der Waals surface area contributed by atoms with E-state index >= 15 is 0 Å². The van der Waals surface area contributed by atoms with Gasteiger partial charge < -0.3 is 4.74 Å². The van der Waals surface area contributed by atoms with Crippen LogP contribution in [0.25, 0.3) is 0 Å². The number of carbonyl (C=O) groups is 1. The molecule has 0 saturated heterocycles. The second kappa shape index (κ2) is 6.15. The van der Waals surface area contributed by atoms with Gasteiger partial charge in [-0.05, 0) is 19.8 Å². The lowest BCUT2D eigenvalue weighted by Crippen LogP contribution is -2.47. The third-order valence-electron chi connectivity index (χ3n) is 3.00. The summed E-state index contributed by atoms with van der Waals surface area (Å²) < 4.78 is 30.9. The first-order chi connectivity index (χ1) is 7.88. The van der Waals surface area contributed by atoms with Gasteiger partial charge in [-0.25, -0.2) is 13.1 Å². The van der Waals surface area contributed by atoms with Crippen molar-refractivity contribution in [3.8, 4) is 0 Å². The number of hydrogen-bond acceptors (Lipinski definition) is 4. The maximum Gasteiger partial charge on any atom is 0.325 e. The van der Waals surface area contributed by atoms with E-state index in [0.717, 1.165) is 25.7 Å². The van der Waals surface area contributed by atoms with E-state index in [4.69, 9.17) is 0 Å². The van der Waals surface area contributed by atoms with E-state index in [2.05, 4.69) is 25.4 Å². The second-order valence-corrected chi connectivity index (χ2v) is 7.44. The Labute approximate surface area is 110 Å². The molecule has 0 aliphatic heterocycles. The Kier molecular flexibility index (Phi) is 5.40. The molecule has 17 heavy (non-hydrogen) atoms. The molecule has 1 rings (SSSR count). The summed E-state index contributed by atoms with van der Waals surface area (Å²) >= 11 is 3.47. The fourth-order valence-corrected chi connectivity index (χ4v) is 3.98. The lowest BCUT2D eigenvalue weighted by atomic mass is 9.96. The van der Waals surface area contributed by atoms with E-state index in [1.807, 2.05) is 0 Å². The van der Waals surface area contributed by atoms with Gasteiger partial charge in [0.2, 0.25) is 10.0 Å². The quantitative estimate of drug-likeness (QED) is 0.621. The van der Waals surface area contributed by atoms with Crippen LogP contribution in [0, 0.1) is 0 Å². The summed E-state index contributed by atoms with van der Waals surface area (Å²) in [5.41, 5.74) is 0. The lowest BCUT2D eigenvalue weighted by Gasteiger charge is -2.28. The van der Waals surface area contributed by atoms with Gasteiger partial charge in [-0.1, -0.05) is 28.8 Å². The van der Waals surface area contributed by atoms with Crippen LogP contribution in [0.1, 0.15) is 32.6 Å². The molecule has 0 bridgehead atoms. The van der Waals surface area contributed by atoms with Crippen molar-refractivity contribution >= 4 is 31.9 Å². The predicted octanol–water partition coefficient (Wildman–Crippen LogP) is 1.17. The first kappa shape index (κ1) is 14.9. The van der Waals surface area contributed by atoms with Gasteiger partial charge in [-0.15, -0.1) is 0 Å². The number of sulfonamides is 1. The largest absolute Gasteiger partial charge is 0.468 e. The van der Waals surface area contributed by atoms with Crippen LogP contribution in [0.2, 0.25) is 0 Å². The standard InChI is InChI=1S/C10H18BrNO4S/c1-7(10(13)16-2)17(14,15)12-9-6-4-3-5-8(9)11/h7-9,12H,3-6H2,1-2H3. The van der Waals surface area contributed by atoms with Gasteiger partial charge in [-0.3, -0.25) is 4.79 Å². The minimum absolute atomic E-state index is 0.135. The molecular formula is C10H18BrNO4S. The summed E-state index contributed by atoms with van der Waals surface area (Å²) in [5, 5.41) is -1.17. The molecule has 0 amide bonds. The summed E-state index contributed by atoms with van der Waals surface area (Å²) in [7, 11) is -2.48. The van der Waals surface area contributed by atoms with Crippen molar-refractivity contribution in [2.75, 3.05) is 7.11 Å². The molecular weight excluding hydrogens is 310 g/mol. The molecule has 1 saturated carbocycles. The van der Waals surface area contributed by atoms with Crippen molar-refractivity contribution in [2.45, 2.75) is 48.7 Å². The van der Waals surface area contributed by atoms with Gasteiger partial charge in [0.15, 0.2) is 5.25 Å². The predicted molar refractivity (Wildman–Crippen MR) is 68.5 cm³/mol. The number of carbonyl (C=O) groups excluding carboxylic acids is 1. The molecule has 0 heterocycles. The Bertz CT molecular complexity index is 371. The number of hydrogen-bond donors (Lipinski definition) is 1. The zero-order valence-corrected chi connectivity index (χ0v) is 12.4. The Morgan fingerprint density at radius 1 is 1.41 bits per heavy atom. The van der Waals surface area contributed by atoms with E-state index < -0.39 is 21.2 Å². The number of esters is 1. The first-order valence-corrected chi connectivity index (χ1v) is 8.07. The highest BCUT2D eigenvalue weighted by molar-refractivity contribution is 9.09. The van der Waals surface area contributed by atoms with Gasteiger partial charge in [0.05, 0.1) is 7.11 Å². The Balaban J connectivity index is 2.68. The number of alkyl halides is 1. The van der Waals surface area contributed by atoms with E-state index in [0.29, 0.717) is 0 Å². The molecule has 100 valence electrons. The zero-order chi connectivity index (χ0) is 13.1. The molecule has 0 spiro atoms. The van der Waals surface area contributed by atoms with Crippen molar-refractivity contribution in [1.29, 1.82) is 0 Å². The Morgan fingerprint density at radius 3 is 2.53 bits per heavy atom. The number of halogens is 1. The van der Waals surface area contributed by atoms with Gasteiger partial charge in [-0.2, -0.15) is 0 Å². The van der Waals surface area contributed by atoms with Crippen LogP contribution in [-0.2, 0) is 19.6 Å². The summed E-state index contributed by atoms with van der Waals surface area (Å²) in [4.78, 5) is 11.4. The molecule has 1 N–H and O–H groups in total. The highest BCUT2D eigenvalue weighted by Gasteiger charge is 2.33. The molecule has 7 heteroatoms. The van der Waals surface area contributed by atoms with Crippen LogP contribution in [0.15, 0.2) is 0 Å².